The van der Waals surface area contributed by atoms with Gasteiger partial charge in [0.15, 0.2) is 5.82 Å². The van der Waals surface area contributed by atoms with Crippen LogP contribution in [0.1, 0.15) is 5.82 Å². The fourth-order valence-corrected chi connectivity index (χ4v) is 1.68. The van der Waals surface area contributed by atoms with Gasteiger partial charge < -0.3 is 4.74 Å². The molecule has 0 spiro atoms. The lowest BCUT2D eigenvalue weighted by molar-refractivity contribution is 0.414. The van der Waals surface area contributed by atoms with E-state index in [0.717, 1.165) is 15.8 Å². The Kier molecular flexibility index (Phi) is 3.09. The van der Waals surface area contributed by atoms with Crippen molar-refractivity contribution in [2.45, 2.75) is 6.92 Å². The molecule has 0 saturated heterocycles. The van der Waals surface area contributed by atoms with Crippen LogP contribution in [0, 0.1) is 6.92 Å². The van der Waals surface area contributed by atoms with Crippen molar-refractivity contribution < 1.29 is 4.74 Å². The summed E-state index contributed by atoms with van der Waals surface area (Å²) in [6, 6.07) is 5.58. The van der Waals surface area contributed by atoms with E-state index in [0.29, 0.717) is 11.6 Å². The van der Waals surface area contributed by atoms with Crippen LogP contribution in [0.4, 0.5) is 0 Å². The summed E-state index contributed by atoms with van der Waals surface area (Å²) in [6.45, 7) is 1.74. The van der Waals surface area contributed by atoms with Crippen LogP contribution in [0.15, 0.2) is 22.7 Å². The summed E-state index contributed by atoms with van der Waals surface area (Å²) in [5.41, 5.74) is 0.811. The monoisotopic (exact) mass is 280 g/mol. The van der Waals surface area contributed by atoms with Gasteiger partial charge in [-0.15, -0.1) is 20.4 Å². The first kappa shape index (κ1) is 10.9. The van der Waals surface area contributed by atoms with Gasteiger partial charge in [-0.25, -0.2) is 0 Å². The molecule has 0 atom stereocenters. The second-order valence-corrected chi connectivity index (χ2v) is 4.07. The first-order valence-corrected chi connectivity index (χ1v) is 5.37. The molecule has 2 aromatic rings. The largest absolute Gasteiger partial charge is 0.497 e. The van der Waals surface area contributed by atoms with Crippen LogP contribution in [-0.4, -0.2) is 27.5 Å². The molecule has 82 valence electrons. The predicted octanol–water partition coefficient (Wildman–Crippen LogP) is 2.01. The Balaban J connectivity index is 2.47. The zero-order valence-electron chi connectivity index (χ0n) is 8.81. The molecule has 0 saturated carbocycles. The molecule has 0 amide bonds. The summed E-state index contributed by atoms with van der Waals surface area (Å²) in [5.74, 6) is 1.75. The normalized spacial score (nSPS) is 10.2. The second-order valence-electron chi connectivity index (χ2n) is 3.15. The molecule has 1 heterocycles. The van der Waals surface area contributed by atoms with Crippen LogP contribution in [0.2, 0.25) is 0 Å². The van der Waals surface area contributed by atoms with E-state index in [1.165, 1.54) is 0 Å². The Labute approximate surface area is 101 Å². The van der Waals surface area contributed by atoms with Crippen LogP contribution >= 0.6 is 15.9 Å². The average Bonchev–Trinajstić information content (AvgIpc) is 2.29. The quantitative estimate of drug-likeness (QED) is 0.842. The summed E-state index contributed by atoms with van der Waals surface area (Å²) in [7, 11) is 1.61. The van der Waals surface area contributed by atoms with E-state index in [4.69, 9.17) is 4.74 Å². The Morgan fingerprint density at radius 2 is 1.75 bits per heavy atom. The van der Waals surface area contributed by atoms with Crippen LogP contribution in [0.25, 0.3) is 11.4 Å². The third-order valence-corrected chi connectivity index (χ3v) is 2.40. The highest BCUT2D eigenvalue weighted by atomic mass is 79.9. The van der Waals surface area contributed by atoms with E-state index in [9.17, 15) is 0 Å². The number of nitrogens with zero attached hydrogens (tertiary/aromatic N) is 4. The van der Waals surface area contributed by atoms with Gasteiger partial charge >= 0.3 is 0 Å². The summed E-state index contributed by atoms with van der Waals surface area (Å²) in [4.78, 5) is 0. The number of halogens is 1. The van der Waals surface area contributed by atoms with Gasteiger partial charge in [-0.05, 0) is 25.1 Å². The number of aryl methyl sites for hydroxylation is 1. The Morgan fingerprint density at radius 1 is 1.06 bits per heavy atom. The molecule has 6 heteroatoms. The minimum Gasteiger partial charge on any atom is -0.497 e. The SMILES string of the molecule is COc1cc(Br)cc(-c2nnc(C)nn2)c1. The van der Waals surface area contributed by atoms with Gasteiger partial charge in [0.1, 0.15) is 5.75 Å². The Hall–Kier alpha value is -1.56. The topological polar surface area (TPSA) is 60.8 Å². The molecular formula is C10H9BrN4O. The van der Waals surface area contributed by atoms with E-state index in [-0.39, 0.29) is 0 Å². The van der Waals surface area contributed by atoms with Crippen molar-refractivity contribution in [3.05, 3.63) is 28.5 Å². The Morgan fingerprint density at radius 3 is 2.38 bits per heavy atom. The lowest BCUT2D eigenvalue weighted by Crippen LogP contribution is -1.98. The van der Waals surface area contributed by atoms with E-state index >= 15 is 0 Å². The average molecular weight is 281 g/mol. The predicted molar refractivity (Wildman–Crippen MR) is 62.0 cm³/mol. The number of methoxy groups -OCH3 is 1. The molecule has 0 bridgehead atoms. The maximum absolute atomic E-state index is 5.15. The summed E-state index contributed by atoms with van der Waals surface area (Å²) in [6.07, 6.45) is 0. The molecule has 0 unspecified atom stereocenters. The van der Waals surface area contributed by atoms with Gasteiger partial charge in [0.2, 0.25) is 5.82 Å². The third kappa shape index (κ3) is 2.33. The van der Waals surface area contributed by atoms with E-state index in [2.05, 4.69) is 36.3 Å². The molecule has 0 aliphatic rings. The molecule has 1 aromatic heterocycles. The number of benzene rings is 1. The molecule has 5 nitrogen and oxygen atoms in total. The molecular weight excluding hydrogens is 272 g/mol. The van der Waals surface area contributed by atoms with Gasteiger partial charge in [0, 0.05) is 10.0 Å². The van der Waals surface area contributed by atoms with E-state index in [1.807, 2.05) is 18.2 Å². The van der Waals surface area contributed by atoms with Crippen molar-refractivity contribution >= 4 is 15.9 Å². The summed E-state index contributed by atoms with van der Waals surface area (Å²) in [5, 5.41) is 15.7. The molecule has 16 heavy (non-hydrogen) atoms. The maximum Gasteiger partial charge on any atom is 0.203 e. The zero-order chi connectivity index (χ0) is 11.5. The smallest absolute Gasteiger partial charge is 0.203 e. The number of hydrogen-bond acceptors (Lipinski definition) is 5. The van der Waals surface area contributed by atoms with E-state index < -0.39 is 0 Å². The lowest BCUT2D eigenvalue weighted by Gasteiger charge is -2.03. The van der Waals surface area contributed by atoms with Gasteiger partial charge in [-0.2, -0.15) is 0 Å². The first-order chi connectivity index (χ1) is 7.69. The van der Waals surface area contributed by atoms with Gasteiger partial charge in [-0.1, -0.05) is 15.9 Å². The highest BCUT2D eigenvalue weighted by Crippen LogP contribution is 2.25. The molecule has 1 aromatic carbocycles. The van der Waals surface area contributed by atoms with Crippen LogP contribution < -0.4 is 4.74 Å². The van der Waals surface area contributed by atoms with Crippen molar-refractivity contribution in [1.82, 2.24) is 20.4 Å². The number of rotatable bonds is 2. The molecule has 0 aliphatic carbocycles. The zero-order valence-corrected chi connectivity index (χ0v) is 10.4. The molecule has 0 aliphatic heterocycles. The standard InChI is InChI=1S/C10H9BrN4O/c1-6-12-14-10(15-13-6)7-3-8(11)5-9(4-7)16-2/h3-5H,1-2H3. The van der Waals surface area contributed by atoms with Gasteiger partial charge in [-0.3, -0.25) is 0 Å². The van der Waals surface area contributed by atoms with Crippen LogP contribution in [0.3, 0.4) is 0 Å². The van der Waals surface area contributed by atoms with Crippen molar-refractivity contribution in [1.29, 1.82) is 0 Å². The fourth-order valence-electron chi connectivity index (χ4n) is 1.20. The second kappa shape index (κ2) is 4.52. The van der Waals surface area contributed by atoms with Gasteiger partial charge in [0.05, 0.1) is 7.11 Å². The van der Waals surface area contributed by atoms with Gasteiger partial charge in [0.25, 0.3) is 0 Å². The Bertz CT molecular complexity index is 501. The van der Waals surface area contributed by atoms with Crippen molar-refractivity contribution in [3.63, 3.8) is 0 Å². The van der Waals surface area contributed by atoms with Crippen molar-refractivity contribution in [2.24, 2.45) is 0 Å². The lowest BCUT2D eigenvalue weighted by atomic mass is 10.2. The highest BCUT2D eigenvalue weighted by molar-refractivity contribution is 9.10. The highest BCUT2D eigenvalue weighted by Gasteiger charge is 2.06. The van der Waals surface area contributed by atoms with Crippen LogP contribution in [0.5, 0.6) is 5.75 Å². The third-order valence-electron chi connectivity index (χ3n) is 1.94. The minimum absolute atomic E-state index is 0.477. The number of hydrogen-bond donors (Lipinski definition) is 0. The van der Waals surface area contributed by atoms with Crippen molar-refractivity contribution in [2.75, 3.05) is 7.11 Å². The molecule has 2 rings (SSSR count). The first-order valence-electron chi connectivity index (χ1n) is 4.58. The fraction of sp³-hybridized carbons (Fsp3) is 0.200. The van der Waals surface area contributed by atoms with E-state index in [1.54, 1.807) is 14.0 Å². The number of ether oxygens (including phenoxy) is 1. The minimum atomic E-state index is 0.477. The molecule has 0 N–H and O–H groups in total. The summed E-state index contributed by atoms with van der Waals surface area (Å²) < 4.78 is 6.05. The summed E-state index contributed by atoms with van der Waals surface area (Å²) >= 11 is 3.39. The van der Waals surface area contributed by atoms with Crippen LogP contribution in [-0.2, 0) is 0 Å². The maximum atomic E-state index is 5.15. The molecule has 0 radical (unpaired) electrons. The molecule has 0 fully saturated rings. The number of aromatic nitrogens is 4. The van der Waals surface area contributed by atoms with Crippen molar-refractivity contribution in [3.8, 4) is 17.1 Å².